The molecule has 0 fully saturated rings. The molecule has 1 rings (SSSR count). The number of aryl methyl sites for hydroxylation is 1. The lowest BCUT2D eigenvalue weighted by atomic mass is 10.2. The fourth-order valence-electron chi connectivity index (χ4n) is 1.70. The van der Waals surface area contributed by atoms with E-state index in [-0.39, 0.29) is 0 Å². The summed E-state index contributed by atoms with van der Waals surface area (Å²) in [4.78, 5) is 4.50. The minimum Gasteiger partial charge on any atom is -0.478 e. The van der Waals surface area contributed by atoms with E-state index in [1.54, 1.807) is 0 Å². The van der Waals surface area contributed by atoms with Gasteiger partial charge in [-0.25, -0.2) is 4.98 Å². The van der Waals surface area contributed by atoms with Gasteiger partial charge in [0.05, 0.1) is 6.61 Å². The van der Waals surface area contributed by atoms with Gasteiger partial charge in [-0.15, -0.1) is 6.58 Å². The van der Waals surface area contributed by atoms with E-state index in [0.717, 1.165) is 37.4 Å². The predicted octanol–water partition coefficient (Wildman–Crippen LogP) is 3.49. The van der Waals surface area contributed by atoms with Gasteiger partial charge in [0.25, 0.3) is 0 Å². The molecule has 1 N–H and O–H groups in total. The highest BCUT2D eigenvalue weighted by Gasteiger charge is 2.03. The summed E-state index contributed by atoms with van der Waals surface area (Å²) in [5.41, 5.74) is 2.32. The maximum absolute atomic E-state index is 5.71. The van der Waals surface area contributed by atoms with Crippen molar-refractivity contribution >= 4 is 0 Å². The van der Waals surface area contributed by atoms with E-state index in [1.165, 1.54) is 5.56 Å². The maximum atomic E-state index is 5.71. The molecule has 3 heteroatoms. The zero-order valence-corrected chi connectivity index (χ0v) is 12.4. The molecule has 1 aromatic rings. The maximum Gasteiger partial charge on any atom is 0.213 e. The second-order valence-corrected chi connectivity index (χ2v) is 4.97. The van der Waals surface area contributed by atoms with Crippen LogP contribution >= 0.6 is 0 Å². The van der Waals surface area contributed by atoms with Crippen LogP contribution in [0.15, 0.2) is 24.8 Å². The van der Waals surface area contributed by atoms with Gasteiger partial charge in [-0.3, -0.25) is 0 Å². The topological polar surface area (TPSA) is 34.1 Å². The Morgan fingerprint density at radius 3 is 2.84 bits per heavy atom. The van der Waals surface area contributed by atoms with Gasteiger partial charge in [-0.05, 0) is 30.9 Å². The summed E-state index contributed by atoms with van der Waals surface area (Å²) in [5.74, 6) is 0.740. The smallest absolute Gasteiger partial charge is 0.213 e. The molecule has 106 valence electrons. The first kappa shape index (κ1) is 15.7. The Balaban J connectivity index is 2.63. The molecule has 1 aromatic heterocycles. The van der Waals surface area contributed by atoms with E-state index in [4.69, 9.17) is 4.74 Å². The Kier molecular flexibility index (Phi) is 7.19. The van der Waals surface area contributed by atoms with Gasteiger partial charge in [0.1, 0.15) is 0 Å². The van der Waals surface area contributed by atoms with Gasteiger partial charge >= 0.3 is 0 Å². The zero-order chi connectivity index (χ0) is 14.1. The molecule has 0 saturated carbocycles. The zero-order valence-electron chi connectivity index (χ0n) is 12.4. The number of hydrogen-bond acceptors (Lipinski definition) is 3. The summed E-state index contributed by atoms with van der Waals surface area (Å²) in [5, 5.41) is 3.42. The fraction of sp³-hybridized carbons (Fsp3) is 0.562. The van der Waals surface area contributed by atoms with E-state index >= 15 is 0 Å². The number of aromatic nitrogens is 1. The Morgan fingerprint density at radius 2 is 2.21 bits per heavy atom. The number of nitrogens with one attached hydrogen (secondary N) is 1. The van der Waals surface area contributed by atoms with Crippen molar-refractivity contribution in [3.63, 3.8) is 0 Å². The molecule has 0 unspecified atom stereocenters. The highest BCUT2D eigenvalue weighted by Crippen LogP contribution is 2.14. The molecule has 0 aliphatic rings. The van der Waals surface area contributed by atoms with Crippen LogP contribution in [0, 0.1) is 0 Å². The van der Waals surface area contributed by atoms with Crippen LogP contribution in [0.1, 0.15) is 44.9 Å². The number of allylic oxidation sites excluding steroid dienone is 1. The molecule has 19 heavy (non-hydrogen) atoms. The van der Waals surface area contributed by atoms with Crippen LogP contribution in [0.5, 0.6) is 5.88 Å². The molecule has 0 atom stereocenters. The van der Waals surface area contributed by atoms with Crippen LogP contribution in [0.4, 0.5) is 0 Å². The minimum atomic E-state index is 0.482. The van der Waals surface area contributed by atoms with Crippen molar-refractivity contribution in [2.75, 3.05) is 6.61 Å². The van der Waals surface area contributed by atoms with E-state index in [2.05, 4.69) is 43.7 Å². The van der Waals surface area contributed by atoms with Crippen LogP contribution in [0.2, 0.25) is 0 Å². The monoisotopic (exact) mass is 262 g/mol. The standard InChI is InChI=1S/C16H26N2O/c1-5-7-8-9-19-16-11-14(12-17-13(3)4)10-15(6-2)18-16/h5,10-11,13,17H,1,6-9,12H2,2-4H3. The molecule has 1 heterocycles. The Labute approximate surface area is 117 Å². The molecule has 0 radical (unpaired) electrons. The summed E-state index contributed by atoms with van der Waals surface area (Å²) >= 11 is 0. The molecule has 0 aromatic carbocycles. The summed E-state index contributed by atoms with van der Waals surface area (Å²) in [6.07, 6.45) is 4.81. The molecule has 3 nitrogen and oxygen atoms in total. The summed E-state index contributed by atoms with van der Waals surface area (Å²) in [6.45, 7) is 11.7. The number of pyridine rings is 1. The SMILES string of the molecule is C=CCCCOc1cc(CNC(C)C)cc(CC)n1. The van der Waals surface area contributed by atoms with Gasteiger partial charge in [0.15, 0.2) is 0 Å². The average Bonchev–Trinajstić information content (AvgIpc) is 2.41. The average molecular weight is 262 g/mol. The van der Waals surface area contributed by atoms with E-state index in [9.17, 15) is 0 Å². The van der Waals surface area contributed by atoms with Gasteiger partial charge < -0.3 is 10.1 Å². The summed E-state index contributed by atoms with van der Waals surface area (Å²) < 4.78 is 5.71. The van der Waals surface area contributed by atoms with Crippen molar-refractivity contribution in [2.24, 2.45) is 0 Å². The molecule has 0 saturated heterocycles. The molecule has 0 spiro atoms. The van der Waals surface area contributed by atoms with Crippen molar-refractivity contribution in [1.82, 2.24) is 10.3 Å². The number of nitrogens with zero attached hydrogens (tertiary/aromatic N) is 1. The fourth-order valence-corrected chi connectivity index (χ4v) is 1.70. The molecular formula is C16H26N2O. The lowest BCUT2D eigenvalue weighted by molar-refractivity contribution is 0.299. The molecule has 0 bridgehead atoms. The first-order chi connectivity index (χ1) is 9.15. The Hall–Kier alpha value is -1.35. The van der Waals surface area contributed by atoms with Crippen LogP contribution in [0.3, 0.4) is 0 Å². The van der Waals surface area contributed by atoms with Crippen LogP contribution in [-0.2, 0) is 13.0 Å². The van der Waals surface area contributed by atoms with Crippen LogP contribution in [0.25, 0.3) is 0 Å². The predicted molar refractivity (Wildman–Crippen MR) is 80.5 cm³/mol. The third-order valence-electron chi connectivity index (χ3n) is 2.79. The summed E-state index contributed by atoms with van der Waals surface area (Å²) in [7, 11) is 0. The third-order valence-corrected chi connectivity index (χ3v) is 2.79. The molecule has 0 aliphatic heterocycles. The van der Waals surface area contributed by atoms with E-state index in [0.29, 0.717) is 12.6 Å². The Morgan fingerprint density at radius 1 is 1.42 bits per heavy atom. The highest BCUT2D eigenvalue weighted by atomic mass is 16.5. The molecular weight excluding hydrogens is 236 g/mol. The van der Waals surface area contributed by atoms with Crippen molar-refractivity contribution in [3.8, 4) is 5.88 Å². The lowest BCUT2D eigenvalue weighted by Crippen LogP contribution is -2.22. The van der Waals surface area contributed by atoms with Crippen molar-refractivity contribution in [2.45, 2.75) is 52.6 Å². The van der Waals surface area contributed by atoms with Crippen molar-refractivity contribution in [1.29, 1.82) is 0 Å². The number of rotatable bonds is 9. The largest absolute Gasteiger partial charge is 0.478 e. The van der Waals surface area contributed by atoms with Gasteiger partial charge in [0.2, 0.25) is 5.88 Å². The van der Waals surface area contributed by atoms with E-state index in [1.807, 2.05) is 12.1 Å². The molecule has 0 aliphatic carbocycles. The third kappa shape index (κ3) is 6.39. The van der Waals surface area contributed by atoms with E-state index < -0.39 is 0 Å². The normalized spacial score (nSPS) is 10.7. The Bertz CT molecular complexity index is 388. The number of unbranched alkanes of at least 4 members (excludes halogenated alkanes) is 1. The van der Waals surface area contributed by atoms with Crippen molar-refractivity contribution in [3.05, 3.63) is 36.0 Å². The second-order valence-electron chi connectivity index (χ2n) is 4.97. The number of hydrogen-bond donors (Lipinski definition) is 1. The highest BCUT2D eigenvalue weighted by molar-refractivity contribution is 5.25. The van der Waals surface area contributed by atoms with Crippen molar-refractivity contribution < 1.29 is 4.74 Å². The summed E-state index contributed by atoms with van der Waals surface area (Å²) in [6, 6.07) is 4.66. The van der Waals surface area contributed by atoms with Crippen LogP contribution < -0.4 is 10.1 Å². The number of ether oxygens (including phenoxy) is 1. The minimum absolute atomic E-state index is 0.482. The first-order valence-electron chi connectivity index (χ1n) is 7.12. The van der Waals surface area contributed by atoms with Gasteiger partial charge in [-0.2, -0.15) is 0 Å². The van der Waals surface area contributed by atoms with Gasteiger partial charge in [0, 0.05) is 24.3 Å². The van der Waals surface area contributed by atoms with Gasteiger partial charge in [-0.1, -0.05) is 26.8 Å². The second kappa shape index (κ2) is 8.70. The quantitative estimate of drug-likeness (QED) is 0.546. The van der Waals surface area contributed by atoms with Crippen LogP contribution in [-0.4, -0.2) is 17.6 Å². The first-order valence-corrected chi connectivity index (χ1v) is 7.12. The lowest BCUT2D eigenvalue weighted by Gasteiger charge is -2.11. The molecule has 0 amide bonds.